The molecule has 0 heterocycles. The maximum Gasteiger partial charge on any atom is 0.331 e. The summed E-state index contributed by atoms with van der Waals surface area (Å²) in [6.45, 7) is 0.944. The average Bonchev–Trinajstić information content (AvgIpc) is 2.61. The van der Waals surface area contributed by atoms with E-state index >= 15 is 0 Å². The molecule has 0 saturated heterocycles. The topological polar surface area (TPSA) is 84.9 Å². The Morgan fingerprint density at radius 1 is 1.08 bits per heavy atom. The van der Waals surface area contributed by atoms with E-state index in [0.717, 1.165) is 11.1 Å². The molecule has 0 aliphatic carbocycles. The highest BCUT2D eigenvalue weighted by atomic mass is 16.5. The lowest BCUT2D eigenvalue weighted by Crippen LogP contribution is -2.56. The van der Waals surface area contributed by atoms with Gasteiger partial charge in [0, 0.05) is 12.7 Å². The van der Waals surface area contributed by atoms with E-state index in [1.807, 2.05) is 48.5 Å². The zero-order valence-electron chi connectivity index (χ0n) is 14.2. The van der Waals surface area contributed by atoms with E-state index in [0.29, 0.717) is 5.75 Å². The Morgan fingerprint density at radius 2 is 1.72 bits per heavy atom. The van der Waals surface area contributed by atoms with E-state index < -0.39 is 17.4 Å². The Morgan fingerprint density at radius 3 is 2.36 bits per heavy atom. The third kappa shape index (κ3) is 4.81. The molecule has 1 amide bonds. The van der Waals surface area contributed by atoms with Crippen molar-refractivity contribution >= 4 is 11.9 Å². The van der Waals surface area contributed by atoms with Gasteiger partial charge in [0.05, 0.1) is 6.61 Å². The van der Waals surface area contributed by atoms with Crippen molar-refractivity contribution in [3.8, 4) is 16.9 Å². The number of aliphatic carboxylic acids is 1. The molecule has 6 nitrogen and oxygen atoms in total. The molecule has 25 heavy (non-hydrogen) atoms. The van der Waals surface area contributed by atoms with Crippen LogP contribution >= 0.6 is 0 Å². The molecule has 0 spiro atoms. The van der Waals surface area contributed by atoms with Gasteiger partial charge in [0.15, 0.2) is 12.1 Å². The number of carbonyl (C=O) groups is 2. The van der Waals surface area contributed by atoms with Gasteiger partial charge in [-0.25, -0.2) is 4.79 Å². The van der Waals surface area contributed by atoms with Gasteiger partial charge in [0.1, 0.15) is 5.75 Å². The quantitative estimate of drug-likeness (QED) is 0.768. The standard InChI is InChI=1S/C19H21NO5/c1-19(13-24-2,18(22)23)20-17(21)12-25-16-11-7-6-10-15(16)14-8-4-3-5-9-14/h3-11H,12-13H2,1-2H3,(H,20,21)(H,22,23). The zero-order valence-corrected chi connectivity index (χ0v) is 14.2. The largest absolute Gasteiger partial charge is 0.483 e. The van der Waals surface area contributed by atoms with E-state index in [1.54, 1.807) is 6.07 Å². The van der Waals surface area contributed by atoms with Crippen LogP contribution in [-0.2, 0) is 14.3 Å². The van der Waals surface area contributed by atoms with Crippen molar-refractivity contribution in [1.82, 2.24) is 5.32 Å². The average molecular weight is 343 g/mol. The van der Waals surface area contributed by atoms with Crippen LogP contribution in [0, 0.1) is 0 Å². The normalized spacial score (nSPS) is 12.9. The number of para-hydroxylation sites is 1. The zero-order chi connectivity index (χ0) is 18.3. The van der Waals surface area contributed by atoms with Gasteiger partial charge in [-0.05, 0) is 18.6 Å². The monoisotopic (exact) mass is 343 g/mol. The summed E-state index contributed by atoms with van der Waals surface area (Å²) >= 11 is 0. The number of methoxy groups -OCH3 is 1. The molecular weight excluding hydrogens is 322 g/mol. The van der Waals surface area contributed by atoms with Crippen molar-refractivity contribution in [3.05, 3.63) is 54.6 Å². The summed E-state index contributed by atoms with van der Waals surface area (Å²) in [6.07, 6.45) is 0. The summed E-state index contributed by atoms with van der Waals surface area (Å²) < 4.78 is 10.5. The van der Waals surface area contributed by atoms with E-state index in [2.05, 4.69) is 5.32 Å². The SMILES string of the molecule is COCC(C)(NC(=O)COc1ccccc1-c1ccccc1)C(=O)O. The first kappa shape index (κ1) is 18.5. The Labute approximate surface area is 146 Å². The Hall–Kier alpha value is -2.86. The molecule has 1 atom stereocenters. The van der Waals surface area contributed by atoms with E-state index in [4.69, 9.17) is 9.47 Å². The minimum absolute atomic E-state index is 0.144. The Balaban J connectivity index is 2.07. The van der Waals surface area contributed by atoms with Gasteiger partial charge in [-0.15, -0.1) is 0 Å². The van der Waals surface area contributed by atoms with Crippen molar-refractivity contribution in [2.75, 3.05) is 20.3 Å². The molecule has 0 aliphatic rings. The van der Waals surface area contributed by atoms with E-state index in [1.165, 1.54) is 14.0 Å². The number of carboxylic acid groups (broad SMARTS) is 1. The van der Waals surface area contributed by atoms with Crippen LogP contribution in [0.3, 0.4) is 0 Å². The second kappa shape index (κ2) is 8.30. The van der Waals surface area contributed by atoms with Crippen LogP contribution in [-0.4, -0.2) is 42.8 Å². The fourth-order valence-corrected chi connectivity index (χ4v) is 2.38. The number of hydrogen-bond donors (Lipinski definition) is 2. The number of carbonyl (C=O) groups excluding carboxylic acids is 1. The molecule has 0 aromatic heterocycles. The summed E-state index contributed by atoms with van der Waals surface area (Å²) in [6, 6.07) is 17.0. The summed E-state index contributed by atoms with van der Waals surface area (Å²) in [5, 5.41) is 11.7. The smallest absolute Gasteiger partial charge is 0.331 e. The number of nitrogens with one attached hydrogen (secondary N) is 1. The summed E-state index contributed by atoms with van der Waals surface area (Å²) in [5.74, 6) is -1.16. The fraction of sp³-hybridized carbons (Fsp3) is 0.263. The third-order valence-electron chi connectivity index (χ3n) is 3.65. The van der Waals surface area contributed by atoms with E-state index in [-0.39, 0.29) is 13.2 Å². The van der Waals surface area contributed by atoms with Gasteiger partial charge in [-0.3, -0.25) is 4.79 Å². The lowest BCUT2D eigenvalue weighted by molar-refractivity contribution is -0.149. The van der Waals surface area contributed by atoms with Gasteiger partial charge >= 0.3 is 5.97 Å². The summed E-state index contributed by atoms with van der Waals surface area (Å²) in [7, 11) is 1.37. The maximum atomic E-state index is 12.1. The van der Waals surface area contributed by atoms with Gasteiger partial charge in [0.2, 0.25) is 0 Å². The predicted molar refractivity (Wildman–Crippen MR) is 93.4 cm³/mol. The minimum atomic E-state index is -1.51. The first-order valence-corrected chi connectivity index (χ1v) is 7.77. The molecule has 0 bridgehead atoms. The van der Waals surface area contributed by atoms with Crippen LogP contribution in [0.15, 0.2) is 54.6 Å². The highest BCUT2D eigenvalue weighted by molar-refractivity contribution is 5.87. The third-order valence-corrected chi connectivity index (χ3v) is 3.65. The molecule has 132 valence electrons. The fourth-order valence-electron chi connectivity index (χ4n) is 2.38. The first-order chi connectivity index (χ1) is 12.0. The summed E-state index contributed by atoms with van der Waals surface area (Å²) in [4.78, 5) is 23.4. The molecule has 1 unspecified atom stereocenters. The predicted octanol–water partition coefficient (Wildman–Crippen LogP) is 2.34. The molecule has 2 aromatic carbocycles. The van der Waals surface area contributed by atoms with Crippen molar-refractivity contribution in [2.45, 2.75) is 12.5 Å². The first-order valence-electron chi connectivity index (χ1n) is 7.77. The number of benzene rings is 2. The molecule has 0 aliphatic heterocycles. The van der Waals surface area contributed by atoms with Crippen LogP contribution in [0.2, 0.25) is 0 Å². The van der Waals surface area contributed by atoms with E-state index in [9.17, 15) is 14.7 Å². The number of amides is 1. The molecule has 2 aromatic rings. The molecule has 2 rings (SSSR count). The minimum Gasteiger partial charge on any atom is -0.483 e. The van der Waals surface area contributed by atoms with Crippen LogP contribution in [0.5, 0.6) is 5.75 Å². The van der Waals surface area contributed by atoms with Crippen molar-refractivity contribution in [3.63, 3.8) is 0 Å². The number of hydrogen-bond acceptors (Lipinski definition) is 4. The lowest BCUT2D eigenvalue weighted by Gasteiger charge is -2.25. The van der Waals surface area contributed by atoms with Gasteiger partial charge in [-0.2, -0.15) is 0 Å². The summed E-state index contributed by atoms with van der Waals surface area (Å²) in [5.41, 5.74) is 0.316. The van der Waals surface area contributed by atoms with Gasteiger partial charge < -0.3 is 19.9 Å². The second-order valence-corrected chi connectivity index (χ2v) is 5.77. The number of rotatable bonds is 8. The van der Waals surface area contributed by atoms with Gasteiger partial charge in [0.25, 0.3) is 5.91 Å². The number of carboxylic acids is 1. The molecule has 6 heteroatoms. The highest BCUT2D eigenvalue weighted by Crippen LogP contribution is 2.29. The van der Waals surface area contributed by atoms with Crippen molar-refractivity contribution < 1.29 is 24.2 Å². The lowest BCUT2D eigenvalue weighted by atomic mass is 10.0. The molecule has 2 N–H and O–H groups in total. The highest BCUT2D eigenvalue weighted by Gasteiger charge is 2.35. The van der Waals surface area contributed by atoms with Crippen LogP contribution < -0.4 is 10.1 Å². The Bertz CT molecular complexity index is 732. The van der Waals surface area contributed by atoms with Crippen LogP contribution in [0.1, 0.15) is 6.92 Å². The van der Waals surface area contributed by atoms with Crippen molar-refractivity contribution in [2.24, 2.45) is 0 Å². The van der Waals surface area contributed by atoms with Crippen LogP contribution in [0.25, 0.3) is 11.1 Å². The Kier molecular flexibility index (Phi) is 6.14. The molecule has 0 fully saturated rings. The van der Waals surface area contributed by atoms with Gasteiger partial charge in [-0.1, -0.05) is 48.5 Å². The molecule has 0 saturated carbocycles. The second-order valence-electron chi connectivity index (χ2n) is 5.77. The molecule has 0 radical (unpaired) electrons. The molecular formula is C19H21NO5. The maximum absolute atomic E-state index is 12.1. The van der Waals surface area contributed by atoms with Crippen LogP contribution in [0.4, 0.5) is 0 Å². The van der Waals surface area contributed by atoms with Crippen molar-refractivity contribution in [1.29, 1.82) is 0 Å². The number of ether oxygens (including phenoxy) is 2.